The highest BCUT2D eigenvalue weighted by atomic mass is 16.5. The van der Waals surface area contributed by atoms with Crippen LogP contribution in [0, 0.1) is 0 Å². The number of methoxy groups -OCH3 is 3. The summed E-state index contributed by atoms with van der Waals surface area (Å²) in [5.41, 5.74) is 10.4. The smallest absolute Gasteiger partial charge is 0.247 e. The van der Waals surface area contributed by atoms with Gasteiger partial charge in [0.25, 0.3) is 0 Å². The van der Waals surface area contributed by atoms with Gasteiger partial charge in [-0.2, -0.15) is 0 Å². The molecule has 2 aliphatic rings. The SMILES string of the molecule is COc1cc(CC2(C(=O)NC(C(N)=O)C(C)O)CCCN2C(=O)C2CCCN2C(=O)C(N)C(C)O)cc(OC)c1OC. The fourth-order valence-corrected chi connectivity index (χ4v) is 5.85. The Morgan fingerprint density at radius 2 is 1.64 bits per heavy atom. The molecule has 2 heterocycles. The lowest BCUT2D eigenvalue weighted by Crippen LogP contribution is -2.65. The van der Waals surface area contributed by atoms with Gasteiger partial charge in [0.2, 0.25) is 29.4 Å². The highest BCUT2D eigenvalue weighted by molar-refractivity contribution is 5.98. The van der Waals surface area contributed by atoms with Crippen LogP contribution in [0.4, 0.5) is 0 Å². The average molecular weight is 594 g/mol. The van der Waals surface area contributed by atoms with E-state index in [4.69, 9.17) is 25.7 Å². The summed E-state index contributed by atoms with van der Waals surface area (Å²) >= 11 is 0. The van der Waals surface area contributed by atoms with Gasteiger partial charge in [-0.1, -0.05) is 0 Å². The Kier molecular flexibility index (Phi) is 10.6. The number of ether oxygens (including phenoxy) is 3. The number of amides is 4. The molecule has 6 atom stereocenters. The van der Waals surface area contributed by atoms with Crippen molar-refractivity contribution in [1.82, 2.24) is 15.1 Å². The first-order valence-electron chi connectivity index (χ1n) is 14.0. The first-order valence-corrected chi connectivity index (χ1v) is 14.0. The third-order valence-electron chi connectivity index (χ3n) is 8.10. The van der Waals surface area contributed by atoms with Crippen molar-refractivity contribution in [2.24, 2.45) is 11.5 Å². The quantitative estimate of drug-likeness (QED) is 0.193. The second-order valence-corrected chi connectivity index (χ2v) is 10.9. The van der Waals surface area contributed by atoms with Gasteiger partial charge in [0.15, 0.2) is 11.5 Å². The second kappa shape index (κ2) is 13.6. The van der Waals surface area contributed by atoms with Crippen molar-refractivity contribution < 1.29 is 43.6 Å². The molecule has 0 saturated carbocycles. The Labute approximate surface area is 245 Å². The summed E-state index contributed by atoms with van der Waals surface area (Å²) in [7, 11) is 4.38. The van der Waals surface area contributed by atoms with E-state index in [-0.39, 0.29) is 25.9 Å². The van der Waals surface area contributed by atoms with Gasteiger partial charge in [-0.05, 0) is 57.2 Å². The van der Waals surface area contributed by atoms with Crippen molar-refractivity contribution in [3.63, 3.8) is 0 Å². The van der Waals surface area contributed by atoms with Crippen molar-refractivity contribution in [1.29, 1.82) is 0 Å². The van der Waals surface area contributed by atoms with Gasteiger partial charge in [0.05, 0.1) is 33.5 Å². The zero-order valence-electron chi connectivity index (χ0n) is 24.8. The van der Waals surface area contributed by atoms with Crippen LogP contribution in [-0.2, 0) is 25.6 Å². The number of carbonyl (C=O) groups excluding carboxylic acids is 4. The lowest BCUT2D eigenvalue weighted by atomic mass is 9.85. The van der Waals surface area contributed by atoms with Crippen molar-refractivity contribution in [2.45, 2.75) is 81.8 Å². The van der Waals surface area contributed by atoms with E-state index in [1.165, 1.54) is 45.0 Å². The van der Waals surface area contributed by atoms with E-state index < -0.39 is 59.5 Å². The summed E-state index contributed by atoms with van der Waals surface area (Å²) in [6.07, 6.45) is -0.849. The molecule has 0 radical (unpaired) electrons. The fraction of sp³-hybridized carbons (Fsp3) is 0.643. The number of aliphatic hydroxyl groups is 2. The molecule has 0 bridgehead atoms. The van der Waals surface area contributed by atoms with Gasteiger partial charge in [-0.25, -0.2) is 0 Å². The Morgan fingerprint density at radius 3 is 2.14 bits per heavy atom. The molecular formula is C28H43N5O9. The number of nitrogens with two attached hydrogens (primary N) is 2. The lowest BCUT2D eigenvalue weighted by Gasteiger charge is -2.41. The molecular weight excluding hydrogens is 550 g/mol. The van der Waals surface area contributed by atoms with Gasteiger partial charge in [0.1, 0.15) is 23.7 Å². The Bertz CT molecular complexity index is 1150. The molecule has 2 fully saturated rings. The summed E-state index contributed by atoms with van der Waals surface area (Å²) in [5.74, 6) is -1.58. The number of aliphatic hydroxyl groups excluding tert-OH is 2. The molecule has 234 valence electrons. The van der Waals surface area contributed by atoms with E-state index in [1.54, 1.807) is 12.1 Å². The maximum Gasteiger partial charge on any atom is 0.247 e. The molecule has 14 nitrogen and oxygen atoms in total. The van der Waals surface area contributed by atoms with Crippen molar-refractivity contribution in [3.05, 3.63) is 17.7 Å². The molecule has 2 saturated heterocycles. The van der Waals surface area contributed by atoms with Crippen LogP contribution in [0.5, 0.6) is 17.2 Å². The number of primary amides is 1. The van der Waals surface area contributed by atoms with Crippen LogP contribution in [0.2, 0.25) is 0 Å². The monoisotopic (exact) mass is 593 g/mol. The maximum absolute atomic E-state index is 14.2. The predicted molar refractivity (Wildman–Crippen MR) is 151 cm³/mol. The Morgan fingerprint density at radius 1 is 1.02 bits per heavy atom. The Balaban J connectivity index is 2.08. The summed E-state index contributed by atoms with van der Waals surface area (Å²) in [4.78, 5) is 56.3. The third-order valence-corrected chi connectivity index (χ3v) is 8.10. The third kappa shape index (κ3) is 6.40. The number of nitrogens with zero attached hydrogens (tertiary/aromatic N) is 2. The minimum absolute atomic E-state index is 0.0135. The number of hydrogen-bond acceptors (Lipinski definition) is 10. The van der Waals surface area contributed by atoms with Crippen LogP contribution in [-0.4, -0.2) is 114 Å². The highest BCUT2D eigenvalue weighted by Gasteiger charge is 2.53. The topological polar surface area (TPSA) is 207 Å². The van der Waals surface area contributed by atoms with Crippen LogP contribution in [0.25, 0.3) is 0 Å². The van der Waals surface area contributed by atoms with E-state index in [9.17, 15) is 29.4 Å². The normalized spacial score (nSPS) is 23.1. The largest absolute Gasteiger partial charge is 0.493 e. The molecule has 0 aromatic heterocycles. The number of carbonyl (C=O) groups is 4. The predicted octanol–water partition coefficient (Wildman–Crippen LogP) is -1.33. The molecule has 42 heavy (non-hydrogen) atoms. The molecule has 0 aliphatic carbocycles. The van der Waals surface area contributed by atoms with E-state index in [0.29, 0.717) is 42.1 Å². The summed E-state index contributed by atoms with van der Waals surface area (Å²) in [6.45, 7) is 3.21. The van der Waals surface area contributed by atoms with Crippen LogP contribution >= 0.6 is 0 Å². The number of nitrogens with one attached hydrogen (secondary N) is 1. The first kappa shape index (κ1) is 32.9. The second-order valence-electron chi connectivity index (χ2n) is 10.9. The molecule has 1 aromatic rings. The standard InChI is InChI=1S/C28H43N5O9/c1-15(34)21(29)26(38)32-10-6-8-18(32)25(37)33-11-7-9-28(33,27(39)31-22(16(2)35)24(30)36)14-17-12-19(40-3)23(42-5)20(13-17)41-4/h12-13,15-16,18,21-22,34-35H,6-11,14,29H2,1-5H3,(H2,30,36)(H,31,39). The molecule has 7 N–H and O–H groups in total. The first-order chi connectivity index (χ1) is 19.8. The average Bonchev–Trinajstić information content (AvgIpc) is 3.62. The molecule has 6 unspecified atom stereocenters. The van der Waals surface area contributed by atoms with E-state index >= 15 is 0 Å². The number of hydrogen-bond donors (Lipinski definition) is 5. The highest BCUT2D eigenvalue weighted by Crippen LogP contribution is 2.42. The van der Waals surface area contributed by atoms with Crippen LogP contribution in [0.1, 0.15) is 45.1 Å². The molecule has 4 amide bonds. The van der Waals surface area contributed by atoms with Crippen molar-refractivity contribution >= 4 is 23.6 Å². The molecule has 0 spiro atoms. The zero-order chi connectivity index (χ0) is 31.4. The minimum atomic E-state index is -1.52. The maximum atomic E-state index is 14.2. The van der Waals surface area contributed by atoms with Crippen molar-refractivity contribution in [2.75, 3.05) is 34.4 Å². The van der Waals surface area contributed by atoms with Crippen LogP contribution in [0.3, 0.4) is 0 Å². The van der Waals surface area contributed by atoms with E-state index in [2.05, 4.69) is 5.32 Å². The van der Waals surface area contributed by atoms with Crippen LogP contribution < -0.4 is 31.0 Å². The molecule has 14 heteroatoms. The van der Waals surface area contributed by atoms with Gasteiger partial charge in [0, 0.05) is 19.5 Å². The molecule has 1 aromatic carbocycles. The van der Waals surface area contributed by atoms with E-state index in [0.717, 1.165) is 0 Å². The number of likely N-dealkylation sites (tertiary alicyclic amines) is 2. The molecule has 3 rings (SSSR count). The van der Waals surface area contributed by atoms with Crippen molar-refractivity contribution in [3.8, 4) is 17.2 Å². The van der Waals surface area contributed by atoms with Gasteiger partial charge in [-0.15, -0.1) is 0 Å². The molecule has 2 aliphatic heterocycles. The van der Waals surface area contributed by atoms with Crippen LogP contribution in [0.15, 0.2) is 12.1 Å². The summed E-state index contributed by atoms with van der Waals surface area (Å²) in [6, 6.07) is -0.154. The van der Waals surface area contributed by atoms with E-state index in [1.807, 2.05) is 0 Å². The summed E-state index contributed by atoms with van der Waals surface area (Å²) < 4.78 is 16.4. The van der Waals surface area contributed by atoms with Gasteiger partial charge < -0.3 is 51.0 Å². The lowest BCUT2D eigenvalue weighted by molar-refractivity contribution is -0.152. The number of benzene rings is 1. The fourth-order valence-electron chi connectivity index (χ4n) is 5.85. The summed E-state index contributed by atoms with van der Waals surface area (Å²) in [5, 5.41) is 22.6. The zero-order valence-corrected chi connectivity index (χ0v) is 24.8. The number of rotatable bonds is 12. The van der Waals surface area contributed by atoms with Gasteiger partial charge >= 0.3 is 0 Å². The minimum Gasteiger partial charge on any atom is -0.493 e. The Hall–Kier alpha value is -3.62. The van der Waals surface area contributed by atoms with Gasteiger partial charge in [-0.3, -0.25) is 19.2 Å².